The molecule has 0 aromatic heterocycles. The lowest BCUT2D eigenvalue weighted by Crippen LogP contribution is -2.59. The molecule has 3 rings (SSSR count). The quantitative estimate of drug-likeness (QED) is 0.770. The van der Waals surface area contributed by atoms with Crippen LogP contribution in [0, 0.1) is 6.92 Å². The Morgan fingerprint density at radius 2 is 2.04 bits per heavy atom. The van der Waals surface area contributed by atoms with Crippen molar-refractivity contribution in [2.45, 2.75) is 13.0 Å². The number of fused-ring (bicyclic) bond motifs is 1. The molecule has 8 nitrogen and oxygen atoms in total. The first-order valence-electron chi connectivity index (χ1n) is 8.13. The van der Waals surface area contributed by atoms with Gasteiger partial charge in [-0.2, -0.15) is 0 Å². The first kappa shape index (κ1) is 19.4. The maximum atomic E-state index is 12.3. The van der Waals surface area contributed by atoms with Crippen molar-refractivity contribution in [3.05, 3.63) is 28.8 Å². The Balaban J connectivity index is 1.71. The van der Waals surface area contributed by atoms with Crippen LogP contribution in [0.3, 0.4) is 0 Å². The number of likely N-dealkylation sites (N-methyl/N-ethyl adjacent to an activating group) is 2. The molecule has 1 saturated heterocycles. The number of carbonyl (C=O) groups excluding carboxylic acids is 3. The second-order valence-electron chi connectivity index (χ2n) is 6.22. The summed E-state index contributed by atoms with van der Waals surface area (Å²) in [6, 6.07) is 4.14. The van der Waals surface area contributed by atoms with E-state index in [1.165, 1.54) is 23.7 Å². The molecule has 27 heavy (non-hydrogen) atoms. The number of imide groups is 1. The summed E-state index contributed by atoms with van der Waals surface area (Å²) in [6.45, 7) is 1.83. The Bertz CT molecular complexity index is 914. The lowest BCUT2D eigenvalue weighted by Gasteiger charge is -2.27. The van der Waals surface area contributed by atoms with Gasteiger partial charge in [-0.15, -0.1) is 4.99 Å². The van der Waals surface area contributed by atoms with Crippen LogP contribution in [-0.4, -0.2) is 76.2 Å². The van der Waals surface area contributed by atoms with E-state index in [-0.39, 0.29) is 17.6 Å². The van der Waals surface area contributed by atoms with Crippen molar-refractivity contribution in [1.82, 2.24) is 9.80 Å². The van der Waals surface area contributed by atoms with E-state index in [9.17, 15) is 14.4 Å². The number of amidine groups is 2. The van der Waals surface area contributed by atoms with Crippen molar-refractivity contribution < 1.29 is 19.0 Å². The van der Waals surface area contributed by atoms with Gasteiger partial charge < -0.3 is 5.32 Å². The molecule has 1 N–H and O–H groups in total. The summed E-state index contributed by atoms with van der Waals surface area (Å²) >= 11 is 7.27. The molecule has 1 atom stereocenters. The van der Waals surface area contributed by atoms with Gasteiger partial charge in [0.25, 0.3) is 23.0 Å². The standard InChI is InChI=1S/C17H18ClN5O3S/c1-9-10(18)6-5-7-11(9)19-12(24)8-27-16-20-13-14(21(16)2)22(3)17(26)23(4)15(13)25/h5-7,13H,8H2,1-4H3/p+1. The number of halogens is 1. The highest BCUT2D eigenvalue weighted by Gasteiger charge is 2.51. The van der Waals surface area contributed by atoms with Gasteiger partial charge in [-0.3, -0.25) is 14.5 Å². The average Bonchev–Trinajstić information content (AvgIpc) is 2.97. The molecule has 1 aromatic carbocycles. The Labute approximate surface area is 165 Å². The van der Waals surface area contributed by atoms with Gasteiger partial charge in [-0.25, -0.2) is 14.3 Å². The van der Waals surface area contributed by atoms with Crippen LogP contribution in [0.5, 0.6) is 0 Å². The van der Waals surface area contributed by atoms with Crippen LogP contribution in [0.2, 0.25) is 5.02 Å². The Kier molecular flexibility index (Phi) is 5.25. The van der Waals surface area contributed by atoms with Gasteiger partial charge in [0.1, 0.15) is 0 Å². The van der Waals surface area contributed by atoms with Crippen LogP contribution in [0.15, 0.2) is 23.2 Å². The van der Waals surface area contributed by atoms with Crippen molar-refractivity contribution in [2.24, 2.45) is 4.99 Å². The largest absolute Gasteiger partial charge is 0.388 e. The van der Waals surface area contributed by atoms with E-state index in [0.29, 0.717) is 21.7 Å². The predicted octanol–water partition coefficient (Wildman–Crippen LogP) is 1.62. The lowest BCUT2D eigenvalue weighted by atomic mass is 10.2. The number of urea groups is 1. The predicted molar refractivity (Wildman–Crippen MR) is 106 cm³/mol. The van der Waals surface area contributed by atoms with Crippen LogP contribution >= 0.6 is 23.4 Å². The molecule has 0 aliphatic carbocycles. The summed E-state index contributed by atoms with van der Waals surface area (Å²) in [5.74, 6) is 0.0112. The van der Waals surface area contributed by atoms with Crippen LogP contribution < -0.4 is 5.32 Å². The maximum Gasteiger partial charge on any atom is 0.388 e. The first-order chi connectivity index (χ1) is 12.7. The zero-order chi connectivity index (χ0) is 19.9. The minimum Gasteiger partial charge on any atom is -0.325 e. The van der Waals surface area contributed by atoms with Gasteiger partial charge >= 0.3 is 6.03 Å². The number of thioether (sulfide) groups is 1. The summed E-state index contributed by atoms with van der Waals surface area (Å²) in [7, 11) is 4.75. The van der Waals surface area contributed by atoms with E-state index in [0.717, 1.165) is 10.5 Å². The third kappa shape index (κ3) is 3.44. The summed E-state index contributed by atoms with van der Waals surface area (Å²) in [5, 5.41) is 3.91. The SMILES string of the molecule is Cc1c(Cl)cccc1NC(=O)CSC1=NC2C(=O)N(C)C(=O)N(C)C2=[N+]1C. The number of carbonyl (C=O) groups is 3. The highest BCUT2D eigenvalue weighted by molar-refractivity contribution is 8.14. The average molecular weight is 409 g/mol. The zero-order valence-corrected chi connectivity index (χ0v) is 16.9. The number of nitrogens with zero attached hydrogens (tertiary/aromatic N) is 4. The summed E-state index contributed by atoms with van der Waals surface area (Å²) in [4.78, 5) is 43.6. The Hall–Kier alpha value is -2.39. The Morgan fingerprint density at radius 3 is 2.74 bits per heavy atom. The van der Waals surface area contributed by atoms with Crippen LogP contribution in [0.4, 0.5) is 10.5 Å². The number of anilines is 1. The lowest BCUT2D eigenvalue weighted by molar-refractivity contribution is -0.367. The molecule has 0 bridgehead atoms. The summed E-state index contributed by atoms with van der Waals surface area (Å²) < 4.78 is 1.68. The third-order valence-corrected chi connectivity index (χ3v) is 5.92. The highest BCUT2D eigenvalue weighted by Crippen LogP contribution is 2.24. The fourth-order valence-corrected chi connectivity index (χ4v) is 3.88. The van der Waals surface area contributed by atoms with Gasteiger partial charge in [0.05, 0.1) is 19.8 Å². The fourth-order valence-electron chi connectivity index (χ4n) is 2.90. The summed E-state index contributed by atoms with van der Waals surface area (Å²) in [5.41, 5.74) is 1.45. The minimum absolute atomic E-state index is 0.108. The number of rotatable bonds is 3. The van der Waals surface area contributed by atoms with Gasteiger partial charge in [0.2, 0.25) is 5.91 Å². The molecule has 2 aliphatic heterocycles. The number of benzene rings is 1. The van der Waals surface area contributed by atoms with Crippen LogP contribution in [-0.2, 0) is 9.59 Å². The molecule has 4 amide bonds. The topological polar surface area (TPSA) is 85.1 Å². The Morgan fingerprint density at radius 1 is 1.33 bits per heavy atom. The van der Waals surface area contributed by atoms with Crippen LogP contribution in [0.1, 0.15) is 5.56 Å². The second kappa shape index (κ2) is 7.32. The first-order valence-corrected chi connectivity index (χ1v) is 9.50. The molecule has 0 radical (unpaired) electrons. The third-order valence-electron chi connectivity index (χ3n) is 4.47. The molecule has 1 fully saturated rings. The van der Waals surface area contributed by atoms with Crippen molar-refractivity contribution in [3.63, 3.8) is 0 Å². The van der Waals surface area contributed by atoms with E-state index in [2.05, 4.69) is 10.3 Å². The maximum absolute atomic E-state index is 12.3. The van der Waals surface area contributed by atoms with Gasteiger partial charge in [0, 0.05) is 17.8 Å². The van der Waals surface area contributed by atoms with Crippen molar-refractivity contribution in [1.29, 1.82) is 0 Å². The molecule has 0 spiro atoms. The number of nitrogens with one attached hydrogen (secondary N) is 1. The van der Waals surface area contributed by atoms with Crippen molar-refractivity contribution in [2.75, 3.05) is 32.2 Å². The van der Waals surface area contributed by atoms with E-state index >= 15 is 0 Å². The highest BCUT2D eigenvalue weighted by atomic mass is 35.5. The molecule has 1 unspecified atom stereocenters. The van der Waals surface area contributed by atoms with E-state index < -0.39 is 12.1 Å². The van der Waals surface area contributed by atoms with Crippen molar-refractivity contribution in [3.8, 4) is 0 Å². The number of aliphatic imine (C=N–C) groups is 1. The number of hydrogen-bond donors (Lipinski definition) is 1. The molecule has 2 heterocycles. The normalized spacial score (nSPS) is 19.4. The molecule has 2 aliphatic rings. The smallest absolute Gasteiger partial charge is 0.325 e. The molecule has 10 heteroatoms. The number of amides is 4. The van der Waals surface area contributed by atoms with Gasteiger partial charge in [0.15, 0.2) is 0 Å². The molecule has 1 aromatic rings. The van der Waals surface area contributed by atoms with E-state index in [1.807, 2.05) is 6.92 Å². The molecular weight excluding hydrogens is 390 g/mol. The zero-order valence-electron chi connectivity index (χ0n) is 15.3. The van der Waals surface area contributed by atoms with E-state index in [4.69, 9.17) is 11.6 Å². The monoisotopic (exact) mass is 408 g/mol. The van der Waals surface area contributed by atoms with Gasteiger partial charge in [-0.1, -0.05) is 17.7 Å². The van der Waals surface area contributed by atoms with Crippen molar-refractivity contribution >= 4 is 57.9 Å². The van der Waals surface area contributed by atoms with E-state index in [1.54, 1.807) is 36.9 Å². The fraction of sp³-hybridized carbons (Fsp3) is 0.353. The number of hydrogen-bond acceptors (Lipinski definition) is 5. The van der Waals surface area contributed by atoms with Gasteiger partial charge in [-0.05, 0) is 36.4 Å². The molecular formula is C17H19ClN5O3S+. The second-order valence-corrected chi connectivity index (χ2v) is 7.57. The molecule has 0 saturated carbocycles. The minimum atomic E-state index is -0.761. The molecule has 142 valence electrons. The van der Waals surface area contributed by atoms with Crippen LogP contribution in [0.25, 0.3) is 0 Å². The summed E-state index contributed by atoms with van der Waals surface area (Å²) in [6.07, 6.45) is 0.